The highest BCUT2D eigenvalue weighted by molar-refractivity contribution is 7.99. The van der Waals surface area contributed by atoms with Gasteiger partial charge in [0.1, 0.15) is 0 Å². The average Bonchev–Trinajstić information content (AvgIpc) is 2.99. The van der Waals surface area contributed by atoms with Crippen LogP contribution in [0.3, 0.4) is 0 Å². The number of rotatable bonds is 5. The highest BCUT2D eigenvalue weighted by Gasteiger charge is 2.58. The number of hydrogen-bond acceptors (Lipinski definition) is 6. The van der Waals surface area contributed by atoms with Crippen LogP contribution in [0, 0.1) is 0 Å². The Hall–Kier alpha value is -2.32. The predicted octanol–water partition coefficient (Wildman–Crippen LogP) is 3.78. The van der Waals surface area contributed by atoms with Gasteiger partial charge >= 0.3 is 0 Å². The van der Waals surface area contributed by atoms with Crippen LogP contribution in [-0.4, -0.2) is 27.2 Å². The maximum atomic E-state index is 13.5. The van der Waals surface area contributed by atoms with Crippen LogP contribution in [0.4, 0.5) is 0 Å². The van der Waals surface area contributed by atoms with Crippen LogP contribution in [-0.2, 0) is 19.7 Å². The summed E-state index contributed by atoms with van der Waals surface area (Å²) in [7, 11) is -8.35. The fraction of sp³-hybridized carbons (Fsp3) is 0.263. The Morgan fingerprint density at radius 2 is 1.33 bits per heavy atom. The van der Waals surface area contributed by atoms with Gasteiger partial charge in [0.15, 0.2) is 0 Å². The lowest BCUT2D eigenvalue weighted by molar-refractivity contribution is 0.479. The average molecular weight is 405 g/mol. The Morgan fingerprint density at radius 1 is 0.852 bits per heavy atom. The van der Waals surface area contributed by atoms with Gasteiger partial charge in [0, 0.05) is 6.42 Å². The topological polar surface area (TPSA) is 93.0 Å². The summed E-state index contributed by atoms with van der Waals surface area (Å²) in [6.07, 6.45) is -0.109. The SMILES string of the molecule is C=C(C1(S(=O)(=O)c2ccccc2)CC(C)(C)N=N1)S(=O)(=O)c1ccccc1. The highest BCUT2D eigenvalue weighted by atomic mass is 32.2. The first kappa shape index (κ1) is 19.4. The molecule has 0 amide bonds. The summed E-state index contributed by atoms with van der Waals surface area (Å²) in [5.41, 5.74) is -0.836. The smallest absolute Gasteiger partial charge is 0.221 e. The summed E-state index contributed by atoms with van der Waals surface area (Å²) in [6.45, 7) is 7.11. The van der Waals surface area contributed by atoms with Crippen molar-refractivity contribution in [2.75, 3.05) is 0 Å². The van der Waals surface area contributed by atoms with E-state index < -0.39 is 35.0 Å². The molecule has 2 aromatic rings. The predicted molar refractivity (Wildman–Crippen MR) is 103 cm³/mol. The molecule has 1 unspecified atom stereocenters. The zero-order valence-electron chi connectivity index (χ0n) is 15.0. The minimum Gasteiger partial charge on any atom is -0.221 e. The van der Waals surface area contributed by atoms with Gasteiger partial charge < -0.3 is 0 Å². The van der Waals surface area contributed by atoms with Crippen molar-refractivity contribution in [3.63, 3.8) is 0 Å². The van der Waals surface area contributed by atoms with Gasteiger partial charge in [-0.3, -0.25) is 0 Å². The third-order valence-electron chi connectivity index (χ3n) is 4.47. The molecular formula is C19H20N2O4S2. The standard InChI is InChI=1S/C19H20N2O4S2/c1-15(26(22,23)16-10-6-4-7-11-16)19(14-18(2,3)20-21-19)27(24,25)17-12-8-5-9-13-17/h4-13H,1,14H2,2-3H3. The minimum absolute atomic E-state index is 0.0222. The van der Waals surface area contributed by atoms with Gasteiger partial charge in [-0.15, -0.1) is 0 Å². The molecule has 0 aromatic heterocycles. The molecule has 142 valence electrons. The first-order valence-electron chi connectivity index (χ1n) is 8.26. The molecule has 0 aliphatic carbocycles. The van der Waals surface area contributed by atoms with E-state index in [9.17, 15) is 16.8 Å². The number of benzene rings is 2. The molecule has 2 aromatic carbocycles. The first-order valence-corrected chi connectivity index (χ1v) is 11.2. The maximum Gasteiger partial charge on any atom is 0.224 e. The summed E-state index contributed by atoms with van der Waals surface area (Å²) in [4.78, 5) is -2.62. The molecule has 0 saturated heterocycles. The zero-order valence-corrected chi connectivity index (χ0v) is 16.7. The summed E-state index contributed by atoms with van der Waals surface area (Å²) >= 11 is 0. The number of sulfone groups is 2. The molecule has 0 fully saturated rings. The molecule has 0 N–H and O–H groups in total. The Labute approximate surface area is 159 Å². The maximum absolute atomic E-state index is 13.5. The second-order valence-corrected chi connectivity index (χ2v) is 11.2. The molecule has 0 saturated carbocycles. The molecule has 6 nitrogen and oxygen atoms in total. The lowest BCUT2D eigenvalue weighted by atomic mass is 9.98. The van der Waals surface area contributed by atoms with E-state index >= 15 is 0 Å². The molecule has 0 spiro atoms. The molecule has 1 aliphatic heterocycles. The fourth-order valence-electron chi connectivity index (χ4n) is 3.07. The van der Waals surface area contributed by atoms with E-state index in [0.29, 0.717) is 0 Å². The lowest BCUT2D eigenvalue weighted by Gasteiger charge is -2.28. The van der Waals surface area contributed by atoms with Crippen molar-refractivity contribution in [3.05, 3.63) is 72.1 Å². The quantitative estimate of drug-likeness (QED) is 0.758. The van der Waals surface area contributed by atoms with Gasteiger partial charge in [0.25, 0.3) is 0 Å². The normalized spacial score (nSPS) is 21.9. The molecule has 0 radical (unpaired) electrons. The van der Waals surface area contributed by atoms with E-state index in [4.69, 9.17) is 0 Å². The van der Waals surface area contributed by atoms with Crippen LogP contribution in [0.1, 0.15) is 20.3 Å². The summed E-state index contributed by atoms with van der Waals surface area (Å²) in [6, 6.07) is 15.3. The zero-order chi connectivity index (χ0) is 19.9. The van der Waals surface area contributed by atoms with Crippen molar-refractivity contribution < 1.29 is 16.8 Å². The van der Waals surface area contributed by atoms with Crippen LogP contribution in [0.2, 0.25) is 0 Å². The van der Waals surface area contributed by atoms with Gasteiger partial charge in [0.05, 0.1) is 20.2 Å². The van der Waals surface area contributed by atoms with Crippen LogP contribution in [0.15, 0.2) is 92.2 Å². The highest BCUT2D eigenvalue weighted by Crippen LogP contribution is 2.48. The molecule has 8 heteroatoms. The Bertz CT molecular complexity index is 1110. The Kier molecular flexibility index (Phi) is 4.60. The number of azo groups is 1. The molecule has 3 rings (SSSR count). The molecular weight excluding hydrogens is 384 g/mol. The Morgan fingerprint density at radius 3 is 1.78 bits per heavy atom. The van der Waals surface area contributed by atoms with Crippen molar-refractivity contribution in [2.45, 2.75) is 40.5 Å². The molecule has 27 heavy (non-hydrogen) atoms. The third-order valence-corrected chi connectivity index (χ3v) is 8.73. The van der Waals surface area contributed by atoms with Gasteiger partial charge in [-0.05, 0) is 38.1 Å². The number of hydrogen-bond donors (Lipinski definition) is 0. The van der Waals surface area contributed by atoms with Gasteiger partial charge in [-0.2, -0.15) is 10.2 Å². The second kappa shape index (κ2) is 6.38. The van der Waals surface area contributed by atoms with Crippen molar-refractivity contribution in [1.29, 1.82) is 0 Å². The molecule has 0 bridgehead atoms. The first-order chi connectivity index (χ1) is 12.5. The van der Waals surface area contributed by atoms with Crippen molar-refractivity contribution in [2.24, 2.45) is 10.2 Å². The van der Waals surface area contributed by atoms with Gasteiger partial charge in [-0.25, -0.2) is 16.8 Å². The summed E-state index contributed by atoms with van der Waals surface area (Å²) in [5.74, 6) is 0. The van der Waals surface area contributed by atoms with E-state index in [1.54, 1.807) is 50.2 Å². The Balaban J connectivity index is 2.23. The third kappa shape index (κ3) is 3.12. The minimum atomic E-state index is -4.20. The van der Waals surface area contributed by atoms with E-state index in [2.05, 4.69) is 16.8 Å². The lowest BCUT2D eigenvalue weighted by Crippen LogP contribution is -2.42. The van der Waals surface area contributed by atoms with Crippen LogP contribution in [0.5, 0.6) is 0 Å². The van der Waals surface area contributed by atoms with Crippen LogP contribution in [0.25, 0.3) is 0 Å². The largest absolute Gasteiger partial charge is 0.224 e. The van der Waals surface area contributed by atoms with E-state index in [1.807, 2.05) is 0 Å². The van der Waals surface area contributed by atoms with Gasteiger partial charge in [0.2, 0.25) is 24.5 Å². The van der Waals surface area contributed by atoms with Crippen LogP contribution < -0.4 is 0 Å². The van der Waals surface area contributed by atoms with E-state index in [-0.39, 0.29) is 16.2 Å². The van der Waals surface area contributed by atoms with E-state index in [0.717, 1.165) is 0 Å². The van der Waals surface area contributed by atoms with Crippen molar-refractivity contribution in [1.82, 2.24) is 0 Å². The molecule has 1 atom stereocenters. The van der Waals surface area contributed by atoms with Crippen molar-refractivity contribution in [3.8, 4) is 0 Å². The second-order valence-electron chi connectivity index (χ2n) is 7.03. The van der Waals surface area contributed by atoms with E-state index in [1.165, 1.54) is 24.3 Å². The fourth-order valence-corrected chi connectivity index (χ4v) is 6.96. The van der Waals surface area contributed by atoms with Gasteiger partial charge in [-0.1, -0.05) is 43.0 Å². The molecule has 1 aliphatic rings. The summed E-state index contributed by atoms with van der Waals surface area (Å²) < 4.78 is 53.3. The van der Waals surface area contributed by atoms with Crippen LogP contribution >= 0.6 is 0 Å². The number of nitrogens with zero attached hydrogens (tertiary/aromatic N) is 2. The summed E-state index contributed by atoms with van der Waals surface area (Å²) in [5, 5.41) is 8.08. The monoisotopic (exact) mass is 404 g/mol. The molecule has 1 heterocycles. The van der Waals surface area contributed by atoms with Crippen molar-refractivity contribution >= 4 is 19.7 Å².